The van der Waals surface area contributed by atoms with E-state index in [1.807, 2.05) is 72.8 Å². The van der Waals surface area contributed by atoms with Crippen molar-refractivity contribution in [3.05, 3.63) is 169 Å². The van der Waals surface area contributed by atoms with Crippen LogP contribution < -0.4 is 5.32 Å². The van der Waals surface area contributed by atoms with Crippen LogP contribution in [0.2, 0.25) is 0 Å². The molecule has 49 heavy (non-hydrogen) atoms. The molecule has 7 aromatic carbocycles. The van der Waals surface area contributed by atoms with E-state index >= 15 is 0 Å². The Kier molecular flexibility index (Phi) is 8.62. The van der Waals surface area contributed by atoms with Crippen molar-refractivity contribution >= 4 is 32.3 Å². The summed E-state index contributed by atoms with van der Waals surface area (Å²) in [4.78, 5) is 4.95. The van der Waals surface area contributed by atoms with Gasteiger partial charge in [-0.2, -0.15) is 0 Å². The van der Waals surface area contributed by atoms with Crippen LogP contribution >= 0.6 is 0 Å². The summed E-state index contributed by atoms with van der Waals surface area (Å²) in [5, 5.41) is 20.6. The first kappa shape index (κ1) is 30.6. The van der Waals surface area contributed by atoms with Gasteiger partial charge in [0.25, 0.3) is 0 Å². The van der Waals surface area contributed by atoms with Gasteiger partial charge < -0.3 is 14.8 Å². The number of nitrogens with one attached hydrogen (secondary N) is 1. The maximum absolute atomic E-state index is 9.37. The number of phenolic OH excluding ortho intramolecular Hbond substituents is 1. The van der Waals surface area contributed by atoms with E-state index < -0.39 is 0 Å². The predicted molar refractivity (Wildman–Crippen MR) is 202 cm³/mol. The molecule has 1 aliphatic rings. The van der Waals surface area contributed by atoms with Crippen LogP contribution in [0.3, 0.4) is 0 Å². The zero-order valence-corrected chi connectivity index (χ0v) is 27.3. The van der Waals surface area contributed by atoms with Crippen LogP contribution in [0.1, 0.15) is 35.9 Å². The van der Waals surface area contributed by atoms with E-state index in [4.69, 9.17) is 9.40 Å². The number of hydrogen-bond acceptors (Lipinski definition) is 4. The number of nitrogens with zero attached hydrogens (tertiary/aromatic N) is 1. The third-order valence-electron chi connectivity index (χ3n) is 9.62. The Morgan fingerprint density at radius 3 is 2.04 bits per heavy atom. The van der Waals surface area contributed by atoms with E-state index in [-0.39, 0.29) is 0 Å². The average molecular weight is 639 g/mol. The van der Waals surface area contributed by atoms with Gasteiger partial charge in [0, 0.05) is 35.5 Å². The van der Waals surface area contributed by atoms with Crippen molar-refractivity contribution in [1.29, 1.82) is 0 Å². The second-order valence-corrected chi connectivity index (χ2v) is 12.7. The fourth-order valence-corrected chi connectivity index (χ4v) is 7.23. The number of rotatable bonds is 6. The second-order valence-electron chi connectivity index (χ2n) is 12.7. The SMILES string of the molecule is Oc1cccc2ccccc12.c1ccc(-c2nc(CCNC3CCCc4c3ccc3c4ccc4ccccc43)oc2-c2ccccc2)cc1. The second kappa shape index (κ2) is 13.8. The van der Waals surface area contributed by atoms with E-state index in [0.29, 0.717) is 11.8 Å². The third kappa shape index (κ3) is 6.31. The molecular formula is C45H38N2O2. The Labute approximate surface area is 286 Å². The zero-order chi connectivity index (χ0) is 33.0. The van der Waals surface area contributed by atoms with Gasteiger partial charge in [-0.1, -0.05) is 146 Å². The maximum Gasteiger partial charge on any atom is 0.196 e. The van der Waals surface area contributed by atoms with Gasteiger partial charge in [-0.15, -0.1) is 0 Å². The molecule has 0 saturated carbocycles. The predicted octanol–water partition coefficient (Wildman–Crippen LogP) is 11.1. The average Bonchev–Trinajstić information content (AvgIpc) is 3.60. The maximum atomic E-state index is 9.37. The van der Waals surface area contributed by atoms with Gasteiger partial charge in [0.05, 0.1) is 0 Å². The molecule has 4 heteroatoms. The number of aromatic hydroxyl groups is 1. The van der Waals surface area contributed by atoms with E-state index in [9.17, 15) is 5.11 Å². The van der Waals surface area contributed by atoms with Crippen LogP contribution in [-0.2, 0) is 12.8 Å². The summed E-state index contributed by atoms with van der Waals surface area (Å²) < 4.78 is 6.36. The molecular weight excluding hydrogens is 601 g/mol. The standard InChI is InChI=1S/C35H30N2O.C10H8O/c1-3-11-25(12-4-1)34-35(26-13-5-2-6-14-26)38-33(37-34)22-23-36-32-17-9-16-28-30-19-18-24-10-7-8-15-27(24)29(30)20-21-31(28)32;11-10-7-3-5-8-4-1-2-6-9(8)10/h1-8,10-15,18-21,32,36H,9,16-17,22-23H2;1-7,11H. The Hall–Kier alpha value is -5.71. The number of oxazole rings is 1. The van der Waals surface area contributed by atoms with Crippen molar-refractivity contribution in [2.75, 3.05) is 6.54 Å². The third-order valence-corrected chi connectivity index (χ3v) is 9.62. The van der Waals surface area contributed by atoms with E-state index in [1.54, 1.807) is 6.07 Å². The molecule has 9 rings (SSSR count). The molecule has 240 valence electrons. The lowest BCUT2D eigenvalue weighted by atomic mass is 9.83. The lowest BCUT2D eigenvalue weighted by Gasteiger charge is -2.28. The van der Waals surface area contributed by atoms with Gasteiger partial charge in [0.15, 0.2) is 11.7 Å². The summed E-state index contributed by atoms with van der Waals surface area (Å²) in [5.41, 5.74) is 5.99. The van der Waals surface area contributed by atoms with Crippen LogP contribution in [0.4, 0.5) is 0 Å². The number of aryl methyl sites for hydroxylation is 1. The van der Waals surface area contributed by atoms with Gasteiger partial charge in [-0.3, -0.25) is 0 Å². The first-order valence-corrected chi connectivity index (χ1v) is 17.2. The van der Waals surface area contributed by atoms with Gasteiger partial charge in [0.2, 0.25) is 0 Å². The largest absolute Gasteiger partial charge is 0.507 e. The van der Waals surface area contributed by atoms with Gasteiger partial charge in [-0.05, 0) is 63.4 Å². The highest BCUT2D eigenvalue weighted by Crippen LogP contribution is 2.37. The van der Waals surface area contributed by atoms with Crippen molar-refractivity contribution in [2.45, 2.75) is 31.7 Å². The normalized spacial score (nSPS) is 14.0. The molecule has 1 unspecified atom stereocenters. The summed E-state index contributed by atoms with van der Waals surface area (Å²) in [6, 6.07) is 52.2. The zero-order valence-electron chi connectivity index (χ0n) is 27.3. The molecule has 0 radical (unpaired) electrons. The Morgan fingerprint density at radius 1 is 0.612 bits per heavy atom. The Bertz CT molecular complexity index is 2300. The van der Waals surface area contributed by atoms with Crippen LogP contribution in [0, 0.1) is 0 Å². The summed E-state index contributed by atoms with van der Waals surface area (Å²) in [6.45, 7) is 0.822. The van der Waals surface area contributed by atoms with Crippen LogP contribution in [0.15, 0.2) is 156 Å². The molecule has 0 spiro atoms. The number of fused-ring (bicyclic) bond motifs is 6. The minimum Gasteiger partial charge on any atom is -0.507 e. The van der Waals surface area contributed by atoms with Crippen molar-refractivity contribution in [2.24, 2.45) is 0 Å². The molecule has 4 nitrogen and oxygen atoms in total. The number of phenols is 1. The fraction of sp³-hybridized carbons (Fsp3) is 0.133. The minimum absolute atomic E-state index is 0.350. The lowest BCUT2D eigenvalue weighted by Crippen LogP contribution is -2.27. The van der Waals surface area contributed by atoms with Crippen molar-refractivity contribution in [1.82, 2.24) is 10.3 Å². The Morgan fingerprint density at radius 2 is 1.27 bits per heavy atom. The molecule has 0 saturated heterocycles. The van der Waals surface area contributed by atoms with E-state index in [2.05, 4.69) is 78.1 Å². The molecule has 1 aromatic heterocycles. The van der Waals surface area contributed by atoms with Crippen LogP contribution in [0.25, 0.3) is 54.9 Å². The topological polar surface area (TPSA) is 58.3 Å². The van der Waals surface area contributed by atoms with Crippen molar-refractivity contribution in [3.63, 3.8) is 0 Å². The first-order chi connectivity index (χ1) is 24.2. The molecule has 8 aromatic rings. The summed E-state index contributed by atoms with van der Waals surface area (Å²) in [7, 11) is 0. The molecule has 0 amide bonds. The molecule has 1 aliphatic carbocycles. The smallest absolute Gasteiger partial charge is 0.196 e. The van der Waals surface area contributed by atoms with Crippen LogP contribution in [0.5, 0.6) is 5.75 Å². The number of aromatic nitrogens is 1. The van der Waals surface area contributed by atoms with Gasteiger partial charge in [0.1, 0.15) is 11.4 Å². The number of hydrogen-bond donors (Lipinski definition) is 2. The monoisotopic (exact) mass is 638 g/mol. The van der Waals surface area contributed by atoms with E-state index in [0.717, 1.165) is 65.1 Å². The number of benzene rings is 7. The Balaban J connectivity index is 0.000000269. The molecule has 1 atom stereocenters. The van der Waals surface area contributed by atoms with Crippen molar-refractivity contribution in [3.8, 4) is 28.3 Å². The summed E-state index contributed by atoms with van der Waals surface area (Å²) >= 11 is 0. The quantitative estimate of drug-likeness (QED) is 0.178. The molecule has 2 N–H and O–H groups in total. The molecule has 0 aliphatic heterocycles. The first-order valence-electron chi connectivity index (χ1n) is 17.2. The summed E-state index contributed by atoms with van der Waals surface area (Å²) in [5.74, 6) is 1.97. The van der Waals surface area contributed by atoms with Crippen LogP contribution in [-0.4, -0.2) is 16.6 Å². The molecule has 0 bridgehead atoms. The van der Waals surface area contributed by atoms with Gasteiger partial charge >= 0.3 is 0 Å². The lowest BCUT2D eigenvalue weighted by molar-refractivity contribution is 0.440. The minimum atomic E-state index is 0.350. The van der Waals surface area contributed by atoms with Gasteiger partial charge in [-0.25, -0.2) is 4.98 Å². The fourth-order valence-electron chi connectivity index (χ4n) is 7.23. The highest BCUT2D eigenvalue weighted by molar-refractivity contribution is 6.08. The van der Waals surface area contributed by atoms with Crippen molar-refractivity contribution < 1.29 is 9.52 Å². The molecule has 0 fully saturated rings. The molecule has 1 heterocycles. The summed E-state index contributed by atoms with van der Waals surface area (Å²) in [6.07, 6.45) is 4.24. The highest BCUT2D eigenvalue weighted by Gasteiger charge is 2.23. The van der Waals surface area contributed by atoms with E-state index in [1.165, 1.54) is 39.1 Å². The highest BCUT2D eigenvalue weighted by atomic mass is 16.4.